The van der Waals surface area contributed by atoms with Crippen LogP contribution in [0.4, 0.5) is 8.78 Å². The first kappa shape index (κ1) is 14.3. The van der Waals surface area contributed by atoms with Gasteiger partial charge in [0, 0.05) is 0 Å². The average Bonchev–Trinajstić information content (AvgIpc) is 2.56. The number of ether oxygens (including phenoxy) is 1. The molecule has 0 aromatic carbocycles. The smallest absolute Gasteiger partial charge is 0.287 e. The van der Waals surface area contributed by atoms with Crippen LogP contribution in [0.15, 0.2) is 11.0 Å². The maximum absolute atomic E-state index is 13.9. The van der Waals surface area contributed by atoms with Crippen LogP contribution in [0.3, 0.4) is 0 Å². The predicted molar refractivity (Wildman–Crippen MR) is 62.4 cm³/mol. The zero-order chi connectivity index (χ0) is 14.4. The van der Waals surface area contributed by atoms with Crippen LogP contribution in [0.2, 0.25) is 0 Å². The molecule has 0 amide bonds. The molecule has 6 nitrogen and oxygen atoms in total. The molecule has 0 spiro atoms. The number of aliphatic hydroxyl groups excluding tert-OH is 1. The standard InChI is InChI=1S/C10H12F2N2O4S/c1-10(17)6(12)5(3-15)18-8(10)14-2-4(11)7(16)13-9(14)19/h2,5-6,8,15,17H,3H2,1H3,(H,13,16,19)/t5-,6+,8-,10?/m1/s1. The molecule has 3 N–H and O–H groups in total. The first-order valence-electron chi connectivity index (χ1n) is 5.42. The fourth-order valence-electron chi connectivity index (χ4n) is 2.00. The van der Waals surface area contributed by atoms with Gasteiger partial charge in [0.25, 0.3) is 5.56 Å². The zero-order valence-corrected chi connectivity index (χ0v) is 10.7. The maximum Gasteiger partial charge on any atom is 0.287 e. The summed E-state index contributed by atoms with van der Waals surface area (Å²) in [7, 11) is 0. The van der Waals surface area contributed by atoms with Gasteiger partial charge in [-0.15, -0.1) is 0 Å². The molecule has 1 fully saturated rings. The summed E-state index contributed by atoms with van der Waals surface area (Å²) in [4.78, 5) is 13.1. The number of aromatic nitrogens is 2. The topological polar surface area (TPSA) is 87.5 Å². The molecule has 2 heterocycles. The molecule has 1 aromatic rings. The normalized spacial score (nSPS) is 34.7. The van der Waals surface area contributed by atoms with Crippen LogP contribution in [0.5, 0.6) is 0 Å². The number of nitrogens with zero attached hydrogens (tertiary/aromatic N) is 1. The number of rotatable bonds is 2. The van der Waals surface area contributed by atoms with E-state index in [1.165, 1.54) is 0 Å². The highest BCUT2D eigenvalue weighted by atomic mass is 32.1. The van der Waals surface area contributed by atoms with Gasteiger partial charge in [0.15, 0.2) is 17.2 Å². The first-order valence-corrected chi connectivity index (χ1v) is 5.83. The summed E-state index contributed by atoms with van der Waals surface area (Å²) in [6.45, 7) is 0.496. The van der Waals surface area contributed by atoms with Gasteiger partial charge < -0.3 is 14.9 Å². The van der Waals surface area contributed by atoms with Gasteiger partial charge in [0.2, 0.25) is 5.82 Å². The van der Waals surface area contributed by atoms with Crippen LogP contribution in [-0.4, -0.2) is 44.2 Å². The van der Waals surface area contributed by atoms with Crippen LogP contribution in [0.25, 0.3) is 0 Å². The van der Waals surface area contributed by atoms with Crippen molar-refractivity contribution in [1.29, 1.82) is 0 Å². The molecular formula is C10H12F2N2O4S. The summed E-state index contributed by atoms with van der Waals surface area (Å²) in [5.74, 6) is -1.14. The van der Waals surface area contributed by atoms with Crippen molar-refractivity contribution in [2.75, 3.05) is 6.61 Å². The van der Waals surface area contributed by atoms with Crippen molar-refractivity contribution < 1.29 is 23.7 Å². The fourth-order valence-corrected chi connectivity index (χ4v) is 2.24. The number of alkyl halides is 1. The molecule has 1 aromatic heterocycles. The molecule has 0 aliphatic carbocycles. The van der Waals surface area contributed by atoms with Crippen molar-refractivity contribution in [2.24, 2.45) is 0 Å². The Morgan fingerprint density at radius 1 is 1.68 bits per heavy atom. The Morgan fingerprint density at radius 2 is 2.32 bits per heavy atom. The van der Waals surface area contributed by atoms with E-state index in [1.807, 2.05) is 4.98 Å². The largest absolute Gasteiger partial charge is 0.394 e. The molecule has 9 heteroatoms. The second-order valence-corrected chi connectivity index (χ2v) is 4.87. The van der Waals surface area contributed by atoms with Crippen molar-refractivity contribution in [3.8, 4) is 0 Å². The van der Waals surface area contributed by atoms with Crippen molar-refractivity contribution in [2.45, 2.75) is 31.0 Å². The SMILES string of the molecule is CC1(O)[C@@H](F)[C@@H](CO)O[C@H]1n1cc(F)c(=O)[nH]c1=S. The van der Waals surface area contributed by atoms with Crippen molar-refractivity contribution in [3.63, 3.8) is 0 Å². The maximum atomic E-state index is 13.9. The van der Waals surface area contributed by atoms with Gasteiger partial charge in [-0.25, -0.2) is 4.39 Å². The average molecular weight is 294 g/mol. The van der Waals surface area contributed by atoms with Crippen LogP contribution in [0.1, 0.15) is 13.2 Å². The lowest BCUT2D eigenvalue weighted by atomic mass is 9.98. The Balaban J connectivity index is 2.51. The van der Waals surface area contributed by atoms with Gasteiger partial charge >= 0.3 is 0 Å². The van der Waals surface area contributed by atoms with E-state index in [-0.39, 0.29) is 4.77 Å². The van der Waals surface area contributed by atoms with E-state index in [4.69, 9.17) is 22.1 Å². The molecule has 0 bridgehead atoms. The molecule has 2 rings (SSSR count). The zero-order valence-electron chi connectivity index (χ0n) is 9.84. The van der Waals surface area contributed by atoms with E-state index in [9.17, 15) is 18.7 Å². The van der Waals surface area contributed by atoms with E-state index in [0.29, 0.717) is 0 Å². The van der Waals surface area contributed by atoms with Crippen molar-refractivity contribution in [3.05, 3.63) is 27.1 Å². The number of halogens is 2. The minimum atomic E-state index is -2.02. The molecule has 106 valence electrons. The monoisotopic (exact) mass is 294 g/mol. The second-order valence-electron chi connectivity index (χ2n) is 4.48. The van der Waals surface area contributed by atoms with E-state index < -0.39 is 42.1 Å². The summed E-state index contributed by atoms with van der Waals surface area (Å²) in [6.07, 6.45) is -3.75. The van der Waals surface area contributed by atoms with Crippen molar-refractivity contribution in [1.82, 2.24) is 9.55 Å². The summed E-state index contributed by atoms with van der Waals surface area (Å²) in [6, 6.07) is 0. The van der Waals surface area contributed by atoms with E-state index in [2.05, 4.69) is 0 Å². The molecule has 1 unspecified atom stereocenters. The number of aliphatic hydroxyl groups is 2. The highest BCUT2D eigenvalue weighted by Gasteiger charge is 2.54. The number of aromatic amines is 1. The highest BCUT2D eigenvalue weighted by molar-refractivity contribution is 7.71. The Kier molecular flexibility index (Phi) is 3.56. The fraction of sp³-hybridized carbons (Fsp3) is 0.600. The number of nitrogens with one attached hydrogen (secondary N) is 1. The molecule has 4 atom stereocenters. The molecule has 1 aliphatic heterocycles. The van der Waals surface area contributed by atoms with Gasteiger partial charge in [-0.3, -0.25) is 14.3 Å². The molecule has 0 radical (unpaired) electrons. The van der Waals surface area contributed by atoms with E-state index in [0.717, 1.165) is 17.7 Å². The minimum Gasteiger partial charge on any atom is -0.394 e. The molecule has 1 saturated heterocycles. The van der Waals surface area contributed by atoms with Gasteiger partial charge in [-0.1, -0.05) is 0 Å². The Labute approximate surface area is 111 Å². The lowest BCUT2D eigenvalue weighted by Crippen LogP contribution is -2.42. The van der Waals surface area contributed by atoms with Gasteiger partial charge in [-0.05, 0) is 19.1 Å². The second kappa shape index (κ2) is 4.75. The predicted octanol–water partition coefficient (Wildman–Crippen LogP) is 0.0238. The summed E-state index contributed by atoms with van der Waals surface area (Å²) >= 11 is 4.82. The van der Waals surface area contributed by atoms with Gasteiger partial charge in [0.05, 0.1) is 12.8 Å². The molecule has 1 aliphatic rings. The van der Waals surface area contributed by atoms with Crippen molar-refractivity contribution >= 4 is 12.2 Å². The molecule has 0 saturated carbocycles. The lowest BCUT2D eigenvalue weighted by molar-refractivity contribution is -0.0927. The summed E-state index contributed by atoms with van der Waals surface area (Å²) in [5.41, 5.74) is -3.04. The third kappa shape index (κ3) is 2.22. The Bertz CT molecular complexity index is 600. The summed E-state index contributed by atoms with van der Waals surface area (Å²) < 4.78 is 32.9. The lowest BCUT2D eigenvalue weighted by Gasteiger charge is -2.27. The van der Waals surface area contributed by atoms with Crippen LogP contribution in [0, 0.1) is 10.6 Å². The minimum absolute atomic E-state index is 0.220. The first-order chi connectivity index (χ1) is 8.78. The number of hydrogen-bond acceptors (Lipinski definition) is 5. The quantitative estimate of drug-likeness (QED) is 0.670. The molecular weight excluding hydrogens is 282 g/mol. The molecule has 19 heavy (non-hydrogen) atoms. The van der Waals surface area contributed by atoms with Crippen LogP contribution in [-0.2, 0) is 4.74 Å². The Hall–Kier alpha value is -1.16. The number of H-pyrrole nitrogens is 1. The third-order valence-electron chi connectivity index (χ3n) is 3.05. The third-order valence-corrected chi connectivity index (χ3v) is 3.36. The summed E-state index contributed by atoms with van der Waals surface area (Å²) in [5, 5.41) is 19.0. The highest BCUT2D eigenvalue weighted by Crippen LogP contribution is 2.39. The van der Waals surface area contributed by atoms with Gasteiger partial charge in [0.1, 0.15) is 11.7 Å². The van der Waals surface area contributed by atoms with E-state index >= 15 is 0 Å². The van der Waals surface area contributed by atoms with E-state index in [1.54, 1.807) is 0 Å². The number of hydrogen-bond donors (Lipinski definition) is 3. The Morgan fingerprint density at radius 3 is 2.84 bits per heavy atom. The van der Waals surface area contributed by atoms with Crippen LogP contribution < -0.4 is 5.56 Å². The van der Waals surface area contributed by atoms with Gasteiger partial charge in [-0.2, -0.15) is 4.39 Å². The van der Waals surface area contributed by atoms with Crippen LogP contribution >= 0.6 is 12.2 Å².